The van der Waals surface area contributed by atoms with Crippen LogP contribution in [0.4, 0.5) is 5.69 Å². The molecule has 3 rings (SSSR count). The number of sulfonamides is 1. The van der Waals surface area contributed by atoms with Gasteiger partial charge in [-0.25, -0.2) is 8.42 Å². The van der Waals surface area contributed by atoms with Gasteiger partial charge in [0.05, 0.1) is 10.6 Å². The summed E-state index contributed by atoms with van der Waals surface area (Å²) in [4.78, 5) is 11.4. The summed E-state index contributed by atoms with van der Waals surface area (Å²) in [6.45, 7) is -0.00545. The summed E-state index contributed by atoms with van der Waals surface area (Å²) in [6, 6.07) is 21.3. The number of hydrogen-bond acceptors (Lipinski definition) is 3. The van der Waals surface area contributed by atoms with Crippen molar-refractivity contribution in [1.82, 2.24) is 0 Å². The van der Waals surface area contributed by atoms with Crippen LogP contribution < -0.4 is 10.0 Å². The molecule has 0 unspecified atom stereocenters. The number of rotatable bonds is 6. The highest BCUT2D eigenvalue weighted by atomic mass is 32.2. The summed E-state index contributed by atoms with van der Waals surface area (Å²) in [5, 5.41) is 1.80. The Hall–Kier alpha value is -2.86. The second-order valence-corrected chi connectivity index (χ2v) is 7.50. The smallest absolute Gasteiger partial charge is 0.264 e. The summed E-state index contributed by atoms with van der Waals surface area (Å²) >= 11 is 0. The Bertz CT molecular complexity index is 1000. The number of carbonyl (C=O) groups is 1. The molecule has 2 N–H and O–H groups in total. The van der Waals surface area contributed by atoms with Crippen LogP contribution in [-0.2, 0) is 14.8 Å². The zero-order valence-electron chi connectivity index (χ0n) is 13.5. The van der Waals surface area contributed by atoms with E-state index < -0.39 is 15.9 Å². The van der Waals surface area contributed by atoms with Crippen LogP contribution in [0.2, 0.25) is 0 Å². The molecule has 0 aromatic heterocycles. The van der Waals surface area contributed by atoms with Gasteiger partial charge >= 0.3 is 0 Å². The molecule has 0 bridgehead atoms. The van der Waals surface area contributed by atoms with Crippen LogP contribution in [0.25, 0.3) is 10.8 Å². The Morgan fingerprint density at radius 3 is 2.20 bits per heavy atom. The zero-order chi connectivity index (χ0) is 17.9. The topological polar surface area (TPSA) is 80.5 Å². The van der Waals surface area contributed by atoms with E-state index in [0.717, 1.165) is 10.8 Å². The number of anilines is 1. The number of nitrogens with zero attached hydrogens (tertiary/aromatic N) is 1. The molecule has 5 nitrogen and oxygen atoms in total. The van der Waals surface area contributed by atoms with Crippen molar-refractivity contribution in [1.29, 1.82) is 0 Å². The van der Waals surface area contributed by atoms with Crippen molar-refractivity contribution < 1.29 is 13.2 Å². The van der Waals surface area contributed by atoms with Crippen LogP contribution in [0.5, 0.6) is 0 Å². The second-order valence-electron chi connectivity index (χ2n) is 5.64. The minimum Gasteiger partial charge on any atom is -0.370 e. The third-order valence-electron chi connectivity index (χ3n) is 3.91. The van der Waals surface area contributed by atoms with Gasteiger partial charge in [0.2, 0.25) is 5.91 Å². The zero-order valence-corrected chi connectivity index (χ0v) is 14.3. The lowest BCUT2D eigenvalue weighted by Gasteiger charge is -2.24. The van der Waals surface area contributed by atoms with Crippen LogP contribution in [0, 0.1) is 0 Å². The third kappa shape index (κ3) is 3.64. The fourth-order valence-corrected chi connectivity index (χ4v) is 4.15. The van der Waals surface area contributed by atoms with Crippen molar-refractivity contribution in [2.75, 3.05) is 10.8 Å². The lowest BCUT2D eigenvalue weighted by Crippen LogP contribution is -2.34. The summed E-state index contributed by atoms with van der Waals surface area (Å²) in [7, 11) is -3.82. The average molecular weight is 354 g/mol. The van der Waals surface area contributed by atoms with E-state index in [2.05, 4.69) is 0 Å². The Labute approximate surface area is 146 Å². The normalized spacial score (nSPS) is 11.4. The number of nitrogens with two attached hydrogens (primary N) is 1. The largest absolute Gasteiger partial charge is 0.370 e. The molecule has 3 aromatic carbocycles. The first-order valence-electron chi connectivity index (χ1n) is 7.83. The summed E-state index contributed by atoms with van der Waals surface area (Å²) in [6.07, 6.45) is -0.0539. The van der Waals surface area contributed by atoms with Crippen molar-refractivity contribution >= 4 is 32.4 Å². The van der Waals surface area contributed by atoms with E-state index in [1.807, 2.05) is 24.3 Å². The molecule has 0 aliphatic rings. The van der Waals surface area contributed by atoms with Crippen LogP contribution in [0.1, 0.15) is 6.42 Å². The maximum absolute atomic E-state index is 13.2. The first-order valence-corrected chi connectivity index (χ1v) is 9.27. The number of carbonyl (C=O) groups excluding carboxylic acids is 1. The highest BCUT2D eigenvalue weighted by Crippen LogP contribution is 2.26. The Balaban J connectivity index is 2.06. The molecule has 0 aliphatic heterocycles. The van der Waals surface area contributed by atoms with Gasteiger partial charge in [-0.1, -0.05) is 48.5 Å². The molecule has 6 heteroatoms. The second kappa shape index (κ2) is 6.94. The predicted molar refractivity (Wildman–Crippen MR) is 98.7 cm³/mol. The molecule has 0 saturated heterocycles. The molecule has 0 fully saturated rings. The molecule has 0 radical (unpaired) electrons. The maximum Gasteiger partial charge on any atom is 0.264 e. The monoisotopic (exact) mass is 354 g/mol. The van der Waals surface area contributed by atoms with Crippen molar-refractivity contribution in [2.45, 2.75) is 11.3 Å². The quantitative estimate of drug-likeness (QED) is 0.739. The third-order valence-corrected chi connectivity index (χ3v) is 5.74. The average Bonchev–Trinajstić information content (AvgIpc) is 2.62. The number of amides is 1. The number of primary amides is 1. The van der Waals surface area contributed by atoms with E-state index in [-0.39, 0.29) is 17.9 Å². The summed E-state index contributed by atoms with van der Waals surface area (Å²) in [5.41, 5.74) is 5.71. The van der Waals surface area contributed by atoms with Gasteiger partial charge in [-0.15, -0.1) is 0 Å². The summed E-state index contributed by atoms with van der Waals surface area (Å²) < 4.78 is 27.5. The van der Waals surface area contributed by atoms with Crippen LogP contribution in [0.3, 0.4) is 0 Å². The van der Waals surface area contributed by atoms with E-state index >= 15 is 0 Å². The van der Waals surface area contributed by atoms with Crippen LogP contribution >= 0.6 is 0 Å². The highest BCUT2D eigenvalue weighted by Gasteiger charge is 2.25. The van der Waals surface area contributed by atoms with Gasteiger partial charge < -0.3 is 5.73 Å². The van der Waals surface area contributed by atoms with Crippen molar-refractivity contribution in [3.8, 4) is 0 Å². The Morgan fingerprint density at radius 2 is 1.52 bits per heavy atom. The van der Waals surface area contributed by atoms with E-state index in [1.165, 1.54) is 4.31 Å². The Kier molecular flexibility index (Phi) is 4.72. The van der Waals surface area contributed by atoms with Crippen LogP contribution in [-0.4, -0.2) is 20.9 Å². The van der Waals surface area contributed by atoms with E-state index in [4.69, 9.17) is 5.73 Å². The van der Waals surface area contributed by atoms with Gasteiger partial charge in [-0.05, 0) is 35.0 Å². The molecule has 0 spiro atoms. The minimum atomic E-state index is -3.82. The molecule has 128 valence electrons. The molecular weight excluding hydrogens is 336 g/mol. The van der Waals surface area contributed by atoms with Gasteiger partial charge in [0.25, 0.3) is 10.0 Å². The molecule has 0 saturated carbocycles. The fourth-order valence-electron chi connectivity index (χ4n) is 2.65. The molecule has 0 atom stereocenters. The number of fused-ring (bicyclic) bond motifs is 1. The van der Waals surface area contributed by atoms with Crippen molar-refractivity contribution in [3.63, 3.8) is 0 Å². The lowest BCUT2D eigenvalue weighted by atomic mass is 10.1. The SMILES string of the molecule is NC(=O)CCN(c1ccccc1)S(=O)(=O)c1ccc2ccccc2c1. The van der Waals surface area contributed by atoms with E-state index in [0.29, 0.717) is 5.69 Å². The molecule has 0 aliphatic carbocycles. The number of para-hydroxylation sites is 1. The van der Waals surface area contributed by atoms with Crippen molar-refractivity contribution in [3.05, 3.63) is 72.8 Å². The number of benzene rings is 3. The van der Waals surface area contributed by atoms with Crippen LogP contribution in [0.15, 0.2) is 77.7 Å². The van der Waals surface area contributed by atoms with Gasteiger partial charge in [0.1, 0.15) is 0 Å². The highest BCUT2D eigenvalue weighted by molar-refractivity contribution is 7.92. The standard InChI is InChI=1S/C19H18N2O3S/c20-19(22)12-13-21(17-8-2-1-3-9-17)25(23,24)18-11-10-15-6-4-5-7-16(15)14-18/h1-11,14H,12-13H2,(H2,20,22). The van der Waals surface area contributed by atoms with E-state index in [9.17, 15) is 13.2 Å². The predicted octanol–water partition coefficient (Wildman–Crippen LogP) is 2.91. The molecule has 3 aromatic rings. The summed E-state index contributed by atoms with van der Waals surface area (Å²) in [5.74, 6) is -0.547. The van der Waals surface area contributed by atoms with Gasteiger partial charge in [-0.3, -0.25) is 9.10 Å². The molecule has 1 amide bonds. The van der Waals surface area contributed by atoms with Crippen molar-refractivity contribution in [2.24, 2.45) is 5.73 Å². The van der Waals surface area contributed by atoms with Gasteiger partial charge in [0.15, 0.2) is 0 Å². The van der Waals surface area contributed by atoms with Gasteiger partial charge in [-0.2, -0.15) is 0 Å². The first kappa shape index (κ1) is 17.0. The lowest BCUT2D eigenvalue weighted by molar-refractivity contribution is -0.117. The molecule has 25 heavy (non-hydrogen) atoms. The number of hydrogen-bond donors (Lipinski definition) is 1. The molecular formula is C19H18N2O3S. The molecule has 0 heterocycles. The maximum atomic E-state index is 13.2. The fraction of sp³-hybridized carbons (Fsp3) is 0.105. The first-order chi connectivity index (χ1) is 12.0. The van der Waals surface area contributed by atoms with E-state index in [1.54, 1.807) is 48.5 Å². The minimum absolute atomic E-state index is 0.00545. The van der Waals surface area contributed by atoms with Gasteiger partial charge in [0, 0.05) is 13.0 Å². The Morgan fingerprint density at radius 1 is 0.880 bits per heavy atom.